The number of allylic oxidation sites excluding steroid dienone is 2. The van der Waals surface area contributed by atoms with Crippen molar-refractivity contribution in [2.75, 3.05) is 5.32 Å². The van der Waals surface area contributed by atoms with Crippen LogP contribution in [-0.2, 0) is 16.0 Å². The number of hydrogen-bond acceptors (Lipinski definition) is 4. The number of amides is 1. The molecule has 1 saturated carbocycles. The molecular formula is C18H20N2O3S. The molecule has 1 heterocycles. The van der Waals surface area contributed by atoms with E-state index in [-0.39, 0.29) is 17.7 Å². The first-order chi connectivity index (χ1) is 11.5. The van der Waals surface area contributed by atoms with Gasteiger partial charge in [-0.15, -0.1) is 11.3 Å². The highest BCUT2D eigenvalue weighted by molar-refractivity contribution is 7.16. The number of nitrogens with one attached hydrogen (secondary N) is 1. The summed E-state index contributed by atoms with van der Waals surface area (Å²) in [6.07, 6.45) is 6.33. The van der Waals surface area contributed by atoms with Gasteiger partial charge in [0.2, 0.25) is 5.91 Å². The molecule has 2 N–H and O–H groups in total. The van der Waals surface area contributed by atoms with Crippen molar-refractivity contribution in [1.82, 2.24) is 0 Å². The minimum atomic E-state index is -0.911. The Morgan fingerprint density at radius 1 is 1.33 bits per heavy atom. The van der Waals surface area contributed by atoms with Crippen molar-refractivity contribution in [2.45, 2.75) is 33.1 Å². The average Bonchev–Trinajstić information content (AvgIpc) is 2.88. The third-order valence-electron chi connectivity index (χ3n) is 5.25. The van der Waals surface area contributed by atoms with E-state index in [0.717, 1.165) is 29.7 Å². The molecule has 0 unspecified atom stereocenters. The Balaban J connectivity index is 1.89. The highest BCUT2D eigenvalue weighted by Crippen LogP contribution is 2.46. The summed E-state index contributed by atoms with van der Waals surface area (Å²) in [6.45, 7) is 3.91. The van der Waals surface area contributed by atoms with Gasteiger partial charge in [0, 0.05) is 4.88 Å². The van der Waals surface area contributed by atoms with Crippen LogP contribution < -0.4 is 5.32 Å². The van der Waals surface area contributed by atoms with E-state index in [1.165, 1.54) is 11.3 Å². The van der Waals surface area contributed by atoms with Crippen molar-refractivity contribution in [2.24, 2.45) is 23.7 Å². The van der Waals surface area contributed by atoms with E-state index < -0.39 is 17.8 Å². The van der Waals surface area contributed by atoms with Crippen LogP contribution in [0.3, 0.4) is 0 Å². The molecule has 1 aromatic rings. The van der Waals surface area contributed by atoms with Crippen LogP contribution in [0.15, 0.2) is 12.2 Å². The van der Waals surface area contributed by atoms with Crippen LogP contribution in [0.1, 0.15) is 35.8 Å². The van der Waals surface area contributed by atoms with Crippen LogP contribution >= 0.6 is 11.3 Å². The maximum Gasteiger partial charge on any atom is 0.307 e. The Hall–Kier alpha value is -2.13. The van der Waals surface area contributed by atoms with Crippen LogP contribution in [0.4, 0.5) is 5.00 Å². The lowest BCUT2D eigenvalue weighted by molar-refractivity contribution is -0.151. The van der Waals surface area contributed by atoms with Crippen LogP contribution in [0.2, 0.25) is 0 Å². The predicted octanol–water partition coefficient (Wildman–Crippen LogP) is 3.34. The van der Waals surface area contributed by atoms with Crippen molar-refractivity contribution in [3.8, 4) is 6.07 Å². The molecule has 0 spiro atoms. The fourth-order valence-electron chi connectivity index (χ4n) is 4.09. The van der Waals surface area contributed by atoms with Crippen LogP contribution in [0.5, 0.6) is 0 Å². The van der Waals surface area contributed by atoms with Gasteiger partial charge < -0.3 is 10.4 Å². The second-order valence-corrected chi connectivity index (χ2v) is 7.70. The monoisotopic (exact) mass is 344 g/mol. The number of nitrogens with zero attached hydrogens (tertiary/aromatic N) is 1. The molecule has 6 heteroatoms. The molecule has 5 nitrogen and oxygen atoms in total. The molecule has 2 bridgehead atoms. The topological polar surface area (TPSA) is 90.2 Å². The highest BCUT2D eigenvalue weighted by Gasteiger charge is 2.48. The molecule has 126 valence electrons. The maximum atomic E-state index is 12.8. The molecule has 3 aliphatic rings. The Morgan fingerprint density at radius 2 is 1.96 bits per heavy atom. The summed E-state index contributed by atoms with van der Waals surface area (Å²) in [5.74, 6) is -2.53. The molecule has 24 heavy (non-hydrogen) atoms. The molecular weight excluding hydrogens is 324 g/mol. The minimum Gasteiger partial charge on any atom is -0.481 e. The van der Waals surface area contributed by atoms with E-state index in [0.29, 0.717) is 10.6 Å². The Bertz CT molecular complexity index is 759. The number of thiophene rings is 1. The maximum absolute atomic E-state index is 12.8. The lowest BCUT2D eigenvalue weighted by Crippen LogP contribution is -2.47. The van der Waals surface area contributed by atoms with Crippen molar-refractivity contribution < 1.29 is 14.7 Å². The van der Waals surface area contributed by atoms with Gasteiger partial charge in [-0.2, -0.15) is 5.26 Å². The van der Waals surface area contributed by atoms with Gasteiger partial charge >= 0.3 is 5.97 Å². The van der Waals surface area contributed by atoms with E-state index in [1.54, 1.807) is 0 Å². The van der Waals surface area contributed by atoms with E-state index in [4.69, 9.17) is 0 Å². The number of carboxylic acids is 1. The largest absolute Gasteiger partial charge is 0.481 e. The average molecular weight is 344 g/mol. The summed E-state index contributed by atoms with van der Waals surface area (Å²) < 4.78 is 0. The van der Waals surface area contributed by atoms with Crippen LogP contribution in [-0.4, -0.2) is 17.0 Å². The van der Waals surface area contributed by atoms with Crippen LogP contribution in [0, 0.1) is 41.9 Å². The lowest BCUT2D eigenvalue weighted by Gasteiger charge is -2.41. The molecule has 4 atom stereocenters. The van der Waals surface area contributed by atoms with Gasteiger partial charge in [-0.25, -0.2) is 0 Å². The normalized spacial score (nSPS) is 27.7. The molecule has 1 fully saturated rings. The zero-order chi connectivity index (χ0) is 17.4. The van der Waals surface area contributed by atoms with Crippen molar-refractivity contribution in [1.29, 1.82) is 5.26 Å². The lowest BCUT2D eigenvalue weighted by atomic mass is 9.62. The first-order valence-corrected chi connectivity index (χ1v) is 9.03. The number of carbonyl (C=O) groups is 2. The first-order valence-electron chi connectivity index (χ1n) is 8.22. The van der Waals surface area contributed by atoms with E-state index in [2.05, 4.69) is 11.4 Å². The number of nitriles is 1. The van der Waals surface area contributed by atoms with Crippen molar-refractivity contribution >= 4 is 28.2 Å². The molecule has 1 aromatic heterocycles. The summed E-state index contributed by atoms with van der Waals surface area (Å²) in [4.78, 5) is 25.5. The quantitative estimate of drug-likeness (QED) is 0.820. The number of aliphatic carboxylic acids is 1. The van der Waals surface area contributed by atoms with Crippen LogP contribution in [0.25, 0.3) is 0 Å². The van der Waals surface area contributed by atoms with Gasteiger partial charge in [0.15, 0.2) is 0 Å². The van der Waals surface area contributed by atoms with Gasteiger partial charge in [-0.1, -0.05) is 19.1 Å². The fourth-order valence-corrected chi connectivity index (χ4v) is 5.19. The van der Waals surface area contributed by atoms with Crippen molar-refractivity contribution in [3.63, 3.8) is 0 Å². The van der Waals surface area contributed by atoms with Gasteiger partial charge in [0.05, 0.1) is 17.4 Å². The van der Waals surface area contributed by atoms with E-state index in [9.17, 15) is 20.0 Å². The van der Waals surface area contributed by atoms with E-state index >= 15 is 0 Å². The molecule has 3 aliphatic carbocycles. The van der Waals surface area contributed by atoms with E-state index in [1.807, 2.05) is 26.0 Å². The van der Waals surface area contributed by atoms with Gasteiger partial charge in [-0.3, -0.25) is 9.59 Å². The third-order valence-corrected chi connectivity index (χ3v) is 6.31. The number of fused-ring (bicyclic) bond motifs is 2. The van der Waals surface area contributed by atoms with Gasteiger partial charge in [0.25, 0.3) is 0 Å². The zero-order valence-electron chi connectivity index (χ0n) is 13.7. The predicted molar refractivity (Wildman–Crippen MR) is 91.7 cm³/mol. The number of rotatable bonds is 4. The smallest absolute Gasteiger partial charge is 0.307 e. The molecule has 0 radical (unpaired) electrons. The number of aryl methyl sites for hydroxylation is 1. The van der Waals surface area contributed by atoms with Gasteiger partial charge in [0.1, 0.15) is 11.1 Å². The highest BCUT2D eigenvalue weighted by atomic mass is 32.1. The molecule has 4 rings (SSSR count). The number of carbonyl (C=O) groups excluding carboxylic acids is 1. The second-order valence-electron chi connectivity index (χ2n) is 6.48. The zero-order valence-corrected chi connectivity index (χ0v) is 14.5. The molecule has 0 aromatic carbocycles. The molecule has 1 amide bonds. The third kappa shape index (κ3) is 2.63. The Kier molecular flexibility index (Phi) is 4.46. The number of hydrogen-bond donors (Lipinski definition) is 2. The number of anilines is 1. The summed E-state index contributed by atoms with van der Waals surface area (Å²) >= 11 is 1.39. The fraction of sp³-hybridized carbons (Fsp3) is 0.500. The van der Waals surface area contributed by atoms with Gasteiger partial charge in [-0.05, 0) is 43.6 Å². The summed E-state index contributed by atoms with van der Waals surface area (Å²) in [5, 5.41) is 22.4. The standard InChI is InChI=1S/C18H20N2O3S/c1-3-12-9(2)24-17(13(12)8-19)20-16(21)14-10-4-6-11(7-5-10)15(14)18(22)23/h4,6,10-11,14-15H,3,5,7H2,1-2H3,(H,20,21)(H,22,23)/t10-,11-,14+,15-/m0/s1. The molecule has 0 aliphatic heterocycles. The summed E-state index contributed by atoms with van der Waals surface area (Å²) in [7, 11) is 0. The summed E-state index contributed by atoms with van der Waals surface area (Å²) in [6, 6.07) is 2.18. The Morgan fingerprint density at radius 3 is 2.46 bits per heavy atom. The summed E-state index contributed by atoms with van der Waals surface area (Å²) in [5.41, 5.74) is 1.47. The minimum absolute atomic E-state index is 0.0339. The molecule has 0 saturated heterocycles. The first kappa shape index (κ1) is 16.7. The Labute approximate surface area is 145 Å². The van der Waals surface area contributed by atoms with Crippen molar-refractivity contribution in [3.05, 3.63) is 28.2 Å². The second kappa shape index (κ2) is 6.40. The number of carboxylic acid groups (broad SMARTS) is 1. The SMILES string of the molecule is CCc1c(C)sc(NC(=O)[C@H]2[C@@H](C(=O)O)[C@H]3C=C[C@H]2CC3)c1C#N.